The van der Waals surface area contributed by atoms with Gasteiger partial charge in [-0.3, -0.25) is 5.43 Å². The monoisotopic (exact) mass is 269 g/mol. The summed E-state index contributed by atoms with van der Waals surface area (Å²) in [7, 11) is 0. The Balaban J connectivity index is 2.10. The van der Waals surface area contributed by atoms with Gasteiger partial charge in [0.25, 0.3) is 0 Å². The number of nitrogen functional groups attached to an aromatic ring is 1. The molecule has 18 heavy (non-hydrogen) atoms. The molecule has 0 amide bonds. The number of halogens is 1. The van der Waals surface area contributed by atoms with Crippen LogP contribution in [0.25, 0.3) is 0 Å². The minimum atomic E-state index is 0.375. The molecular weight excluding hydrogens is 250 g/mol. The molecule has 0 radical (unpaired) electrons. The van der Waals surface area contributed by atoms with Gasteiger partial charge in [-0.15, -0.1) is 0 Å². The molecule has 6 heteroatoms. The molecule has 1 aliphatic carbocycles. The van der Waals surface area contributed by atoms with Gasteiger partial charge in [0, 0.05) is 6.04 Å². The van der Waals surface area contributed by atoms with Crippen LogP contribution in [0.2, 0.25) is 5.02 Å². The highest BCUT2D eigenvalue weighted by molar-refractivity contribution is 6.32. The molecule has 0 aromatic carbocycles. The lowest BCUT2D eigenvalue weighted by Gasteiger charge is -2.22. The van der Waals surface area contributed by atoms with E-state index < -0.39 is 0 Å². The normalized spacial score (nSPS) is 27.2. The van der Waals surface area contributed by atoms with Crippen LogP contribution in [0.5, 0.6) is 0 Å². The summed E-state index contributed by atoms with van der Waals surface area (Å²) in [5, 5.41) is 3.95. The summed E-state index contributed by atoms with van der Waals surface area (Å²) in [6.45, 7) is 4.54. The molecule has 3 unspecified atom stereocenters. The van der Waals surface area contributed by atoms with Crippen molar-refractivity contribution >= 4 is 23.4 Å². The van der Waals surface area contributed by atoms with Crippen molar-refractivity contribution in [3.05, 3.63) is 11.2 Å². The number of hydrogen-bond donors (Lipinski definition) is 3. The van der Waals surface area contributed by atoms with Gasteiger partial charge in [-0.2, -0.15) is 4.98 Å². The quantitative estimate of drug-likeness (QED) is 0.579. The first-order valence-corrected chi connectivity index (χ1v) is 6.79. The first kappa shape index (κ1) is 13.4. The zero-order valence-corrected chi connectivity index (χ0v) is 11.5. The second-order valence-corrected chi connectivity index (χ2v) is 5.30. The van der Waals surface area contributed by atoms with Crippen molar-refractivity contribution in [3.63, 3.8) is 0 Å². The highest BCUT2D eigenvalue weighted by Crippen LogP contribution is 2.36. The van der Waals surface area contributed by atoms with Crippen LogP contribution < -0.4 is 16.6 Å². The molecule has 1 aromatic rings. The summed E-state index contributed by atoms with van der Waals surface area (Å²) < 4.78 is 0. The molecule has 1 saturated carbocycles. The van der Waals surface area contributed by atoms with E-state index in [4.69, 9.17) is 17.4 Å². The first-order valence-electron chi connectivity index (χ1n) is 6.41. The van der Waals surface area contributed by atoms with E-state index in [1.807, 2.05) is 0 Å². The standard InChI is InChI=1S/C12H20ClN5/c1-3-8-4-5-10(7(8)2)16-11-9(13)6-15-12(17-11)18-14/h6-8,10H,3-5,14H2,1-2H3,(H2,15,16,17,18). The van der Waals surface area contributed by atoms with Gasteiger partial charge >= 0.3 is 0 Å². The van der Waals surface area contributed by atoms with Crippen LogP contribution in [0.3, 0.4) is 0 Å². The summed E-state index contributed by atoms with van der Waals surface area (Å²) >= 11 is 6.09. The molecule has 0 bridgehead atoms. The predicted molar refractivity (Wildman–Crippen MR) is 74.4 cm³/mol. The molecule has 3 atom stereocenters. The van der Waals surface area contributed by atoms with Crippen LogP contribution in [0, 0.1) is 11.8 Å². The van der Waals surface area contributed by atoms with Crippen molar-refractivity contribution in [3.8, 4) is 0 Å². The van der Waals surface area contributed by atoms with Crippen molar-refractivity contribution in [2.75, 3.05) is 10.7 Å². The van der Waals surface area contributed by atoms with Crippen LogP contribution in [0.4, 0.5) is 11.8 Å². The lowest BCUT2D eigenvalue weighted by molar-refractivity contribution is 0.391. The SMILES string of the molecule is CCC1CCC(Nc2nc(NN)ncc2Cl)C1C. The van der Waals surface area contributed by atoms with E-state index in [1.165, 1.54) is 12.8 Å². The number of nitrogens with one attached hydrogen (secondary N) is 2. The van der Waals surface area contributed by atoms with Crippen LogP contribution >= 0.6 is 11.6 Å². The fourth-order valence-electron chi connectivity index (χ4n) is 2.74. The minimum Gasteiger partial charge on any atom is -0.366 e. The number of hydrogen-bond acceptors (Lipinski definition) is 5. The first-order chi connectivity index (χ1) is 8.65. The van der Waals surface area contributed by atoms with E-state index in [0.29, 0.717) is 28.7 Å². The largest absolute Gasteiger partial charge is 0.366 e. The molecule has 1 aliphatic rings. The second kappa shape index (κ2) is 5.71. The Hall–Kier alpha value is -1.07. The molecule has 4 N–H and O–H groups in total. The summed E-state index contributed by atoms with van der Waals surface area (Å²) in [5.41, 5.74) is 2.43. The van der Waals surface area contributed by atoms with Crippen molar-refractivity contribution in [1.82, 2.24) is 9.97 Å². The third-order valence-electron chi connectivity index (χ3n) is 3.95. The zero-order valence-electron chi connectivity index (χ0n) is 10.8. The van der Waals surface area contributed by atoms with Gasteiger partial charge in [-0.05, 0) is 24.7 Å². The summed E-state index contributed by atoms with van der Waals surface area (Å²) in [6, 6.07) is 0.424. The Labute approximate surface area is 112 Å². The van der Waals surface area contributed by atoms with Gasteiger partial charge in [0.1, 0.15) is 5.02 Å². The molecule has 5 nitrogen and oxygen atoms in total. The maximum absolute atomic E-state index is 6.09. The molecule has 1 aromatic heterocycles. The van der Waals surface area contributed by atoms with Crippen LogP contribution in [-0.4, -0.2) is 16.0 Å². The van der Waals surface area contributed by atoms with E-state index in [9.17, 15) is 0 Å². The van der Waals surface area contributed by atoms with Crippen LogP contribution in [-0.2, 0) is 0 Å². The summed E-state index contributed by atoms with van der Waals surface area (Å²) in [5.74, 6) is 7.76. The number of anilines is 2. The van der Waals surface area contributed by atoms with E-state index in [-0.39, 0.29) is 0 Å². The Bertz CT molecular complexity index is 411. The van der Waals surface area contributed by atoms with Gasteiger partial charge in [0.05, 0.1) is 6.20 Å². The van der Waals surface area contributed by atoms with E-state index in [0.717, 1.165) is 12.3 Å². The average molecular weight is 270 g/mol. The van der Waals surface area contributed by atoms with Crippen molar-refractivity contribution in [2.45, 2.75) is 39.2 Å². The van der Waals surface area contributed by atoms with Crippen LogP contribution in [0.15, 0.2) is 6.20 Å². The molecule has 100 valence electrons. The maximum atomic E-state index is 6.09. The zero-order chi connectivity index (χ0) is 13.1. The number of hydrazine groups is 1. The van der Waals surface area contributed by atoms with Crippen molar-refractivity contribution in [1.29, 1.82) is 0 Å². The Kier molecular flexibility index (Phi) is 4.24. The topological polar surface area (TPSA) is 75.9 Å². The maximum Gasteiger partial charge on any atom is 0.239 e. The van der Waals surface area contributed by atoms with E-state index >= 15 is 0 Å². The third kappa shape index (κ3) is 2.67. The molecule has 1 heterocycles. The lowest BCUT2D eigenvalue weighted by atomic mass is 9.93. The number of nitrogens with zero attached hydrogens (tertiary/aromatic N) is 2. The van der Waals surface area contributed by atoms with Crippen molar-refractivity contribution in [2.24, 2.45) is 17.7 Å². The van der Waals surface area contributed by atoms with Gasteiger partial charge in [0.15, 0.2) is 5.82 Å². The smallest absolute Gasteiger partial charge is 0.239 e. The Morgan fingerprint density at radius 3 is 2.89 bits per heavy atom. The molecule has 1 fully saturated rings. The fourth-order valence-corrected chi connectivity index (χ4v) is 2.89. The molecule has 0 saturated heterocycles. The van der Waals surface area contributed by atoms with E-state index in [2.05, 4.69) is 34.6 Å². The second-order valence-electron chi connectivity index (χ2n) is 4.89. The minimum absolute atomic E-state index is 0.375. The Morgan fingerprint density at radius 1 is 1.50 bits per heavy atom. The van der Waals surface area contributed by atoms with Gasteiger partial charge < -0.3 is 5.32 Å². The highest BCUT2D eigenvalue weighted by atomic mass is 35.5. The number of nitrogens with two attached hydrogens (primary N) is 1. The van der Waals surface area contributed by atoms with Crippen molar-refractivity contribution < 1.29 is 0 Å². The number of aromatic nitrogens is 2. The van der Waals surface area contributed by atoms with E-state index in [1.54, 1.807) is 6.20 Å². The third-order valence-corrected chi connectivity index (χ3v) is 4.22. The molecule has 0 spiro atoms. The molecule has 0 aliphatic heterocycles. The molecule has 2 rings (SSSR count). The summed E-state index contributed by atoms with van der Waals surface area (Å²) in [4.78, 5) is 8.21. The number of rotatable bonds is 4. The van der Waals surface area contributed by atoms with Gasteiger partial charge in [-0.25, -0.2) is 10.8 Å². The predicted octanol–water partition coefficient (Wildman–Crippen LogP) is 2.65. The van der Waals surface area contributed by atoms with Gasteiger partial charge in [0.2, 0.25) is 5.95 Å². The average Bonchev–Trinajstić information content (AvgIpc) is 2.73. The fraction of sp³-hybridized carbons (Fsp3) is 0.667. The van der Waals surface area contributed by atoms with Crippen LogP contribution in [0.1, 0.15) is 33.1 Å². The lowest BCUT2D eigenvalue weighted by Crippen LogP contribution is -2.25. The highest BCUT2D eigenvalue weighted by Gasteiger charge is 2.31. The summed E-state index contributed by atoms with van der Waals surface area (Å²) in [6.07, 6.45) is 5.21. The van der Waals surface area contributed by atoms with Gasteiger partial charge in [-0.1, -0.05) is 31.9 Å². The Morgan fingerprint density at radius 2 is 2.28 bits per heavy atom. The molecular formula is C12H20ClN5.